The number of piperidine rings is 1. The number of hydrogen-bond acceptors (Lipinski definition) is 2. The molecule has 0 spiro atoms. The summed E-state index contributed by atoms with van der Waals surface area (Å²) in [5.41, 5.74) is 1.16. The summed E-state index contributed by atoms with van der Waals surface area (Å²) < 4.78 is 13.7. The maximum absolute atomic E-state index is 13.7. The first kappa shape index (κ1) is 14.7. The molecular formula is C16H21FN2O. The molecule has 1 aliphatic rings. The Hall–Kier alpha value is -1.68. The number of allylic oxidation sites excluding steroid dienone is 1. The van der Waals surface area contributed by atoms with Crippen molar-refractivity contribution < 1.29 is 9.18 Å². The van der Waals surface area contributed by atoms with Crippen LogP contribution in [0, 0.1) is 5.82 Å². The van der Waals surface area contributed by atoms with E-state index in [1.807, 2.05) is 11.9 Å². The number of carbonyl (C=O) groups is 1. The lowest BCUT2D eigenvalue weighted by Crippen LogP contribution is -2.43. The van der Waals surface area contributed by atoms with Gasteiger partial charge in [-0.05, 0) is 38.5 Å². The fourth-order valence-corrected chi connectivity index (χ4v) is 2.52. The highest BCUT2D eigenvalue weighted by atomic mass is 19.1. The van der Waals surface area contributed by atoms with E-state index in [1.54, 1.807) is 25.1 Å². The van der Waals surface area contributed by atoms with Crippen molar-refractivity contribution in [2.75, 3.05) is 20.1 Å². The molecule has 1 aromatic rings. The summed E-state index contributed by atoms with van der Waals surface area (Å²) in [6, 6.07) is 7.03. The minimum absolute atomic E-state index is 0.0275. The molecule has 0 unspecified atom stereocenters. The SMILES string of the molecule is CNC1CCN(C(=O)/C=C(/C)c2ccccc2F)CC1. The van der Waals surface area contributed by atoms with Gasteiger partial charge in [0.15, 0.2) is 0 Å². The Morgan fingerprint density at radius 1 is 1.35 bits per heavy atom. The Bertz CT molecular complexity index is 505. The van der Waals surface area contributed by atoms with Gasteiger partial charge in [0, 0.05) is 30.8 Å². The lowest BCUT2D eigenvalue weighted by Gasteiger charge is -2.31. The van der Waals surface area contributed by atoms with Crippen LogP contribution in [0.25, 0.3) is 5.57 Å². The molecule has 2 rings (SSSR count). The summed E-state index contributed by atoms with van der Waals surface area (Å²) in [5.74, 6) is -0.316. The molecule has 1 aliphatic heterocycles. The molecule has 0 aliphatic carbocycles. The van der Waals surface area contributed by atoms with Crippen LogP contribution in [0.3, 0.4) is 0 Å². The Morgan fingerprint density at radius 2 is 2.00 bits per heavy atom. The number of nitrogens with zero attached hydrogens (tertiary/aromatic N) is 1. The predicted octanol–water partition coefficient (Wildman–Crippen LogP) is 2.44. The molecule has 1 fully saturated rings. The van der Waals surface area contributed by atoms with Crippen molar-refractivity contribution in [2.24, 2.45) is 0 Å². The quantitative estimate of drug-likeness (QED) is 0.860. The second-order valence-electron chi connectivity index (χ2n) is 5.20. The average Bonchev–Trinajstić information content (AvgIpc) is 2.47. The van der Waals surface area contributed by atoms with E-state index in [0.29, 0.717) is 17.2 Å². The number of likely N-dealkylation sites (tertiary alicyclic amines) is 1. The van der Waals surface area contributed by atoms with E-state index >= 15 is 0 Å². The molecule has 1 saturated heterocycles. The Morgan fingerprint density at radius 3 is 2.60 bits per heavy atom. The molecule has 0 aromatic heterocycles. The summed E-state index contributed by atoms with van der Waals surface area (Å²) in [6.45, 7) is 3.29. The number of rotatable bonds is 3. The van der Waals surface area contributed by atoms with Crippen molar-refractivity contribution in [3.8, 4) is 0 Å². The van der Waals surface area contributed by atoms with E-state index in [-0.39, 0.29) is 11.7 Å². The maximum Gasteiger partial charge on any atom is 0.246 e. The van der Waals surface area contributed by atoms with Gasteiger partial charge >= 0.3 is 0 Å². The topological polar surface area (TPSA) is 32.3 Å². The largest absolute Gasteiger partial charge is 0.339 e. The normalized spacial score (nSPS) is 17.4. The molecule has 0 atom stereocenters. The first-order valence-corrected chi connectivity index (χ1v) is 7.01. The van der Waals surface area contributed by atoms with Gasteiger partial charge in [0.2, 0.25) is 5.91 Å². The molecule has 0 radical (unpaired) electrons. The molecule has 1 aromatic carbocycles. The van der Waals surface area contributed by atoms with Crippen molar-refractivity contribution in [1.82, 2.24) is 10.2 Å². The summed E-state index contributed by atoms with van der Waals surface area (Å²) in [7, 11) is 1.95. The van der Waals surface area contributed by atoms with Gasteiger partial charge in [-0.3, -0.25) is 4.79 Å². The summed E-state index contributed by atoms with van der Waals surface area (Å²) in [4.78, 5) is 14.0. The fourth-order valence-electron chi connectivity index (χ4n) is 2.52. The standard InChI is InChI=1S/C16H21FN2O/c1-12(14-5-3-4-6-15(14)17)11-16(20)19-9-7-13(18-2)8-10-19/h3-6,11,13,18H,7-10H2,1-2H3/b12-11-. The third kappa shape index (κ3) is 3.45. The van der Waals surface area contributed by atoms with Crippen molar-refractivity contribution in [3.63, 3.8) is 0 Å². The van der Waals surface area contributed by atoms with Gasteiger partial charge < -0.3 is 10.2 Å². The molecule has 0 saturated carbocycles. The van der Waals surface area contributed by atoms with Crippen molar-refractivity contribution in [2.45, 2.75) is 25.8 Å². The molecule has 3 nitrogen and oxygen atoms in total. The number of benzene rings is 1. The van der Waals surface area contributed by atoms with Crippen molar-refractivity contribution in [3.05, 3.63) is 41.7 Å². The van der Waals surface area contributed by atoms with Gasteiger partial charge in [0.1, 0.15) is 5.82 Å². The predicted molar refractivity (Wildman–Crippen MR) is 78.7 cm³/mol. The lowest BCUT2D eigenvalue weighted by atomic mass is 10.0. The van der Waals surface area contributed by atoms with E-state index in [2.05, 4.69) is 5.32 Å². The third-order valence-electron chi connectivity index (χ3n) is 3.85. The van der Waals surface area contributed by atoms with Crippen molar-refractivity contribution in [1.29, 1.82) is 0 Å². The molecule has 1 amide bonds. The molecule has 20 heavy (non-hydrogen) atoms. The summed E-state index contributed by atoms with van der Waals surface area (Å²) >= 11 is 0. The summed E-state index contributed by atoms with van der Waals surface area (Å²) in [5, 5.41) is 3.23. The monoisotopic (exact) mass is 276 g/mol. The highest BCUT2D eigenvalue weighted by molar-refractivity contribution is 5.95. The van der Waals surface area contributed by atoms with Gasteiger partial charge in [-0.1, -0.05) is 18.2 Å². The number of halogens is 1. The van der Waals surface area contributed by atoms with Crippen LogP contribution in [0.5, 0.6) is 0 Å². The Kier molecular flexibility index (Phi) is 4.90. The molecular weight excluding hydrogens is 255 g/mol. The second kappa shape index (κ2) is 6.66. The zero-order valence-corrected chi connectivity index (χ0v) is 12.0. The van der Waals surface area contributed by atoms with Crippen LogP contribution in [0.15, 0.2) is 30.3 Å². The molecule has 1 heterocycles. The van der Waals surface area contributed by atoms with E-state index in [9.17, 15) is 9.18 Å². The first-order valence-electron chi connectivity index (χ1n) is 7.01. The zero-order chi connectivity index (χ0) is 14.5. The Balaban J connectivity index is 2.04. The molecule has 1 N–H and O–H groups in total. The maximum atomic E-state index is 13.7. The van der Waals surface area contributed by atoms with Crippen molar-refractivity contribution >= 4 is 11.5 Å². The first-order chi connectivity index (χ1) is 9.61. The van der Waals surface area contributed by atoms with Gasteiger partial charge in [0.05, 0.1) is 0 Å². The summed E-state index contributed by atoms with van der Waals surface area (Å²) in [6.07, 6.45) is 3.47. The third-order valence-corrected chi connectivity index (χ3v) is 3.85. The Labute approximate surface area is 119 Å². The van der Waals surface area contributed by atoms with Crippen LogP contribution in [0.1, 0.15) is 25.3 Å². The van der Waals surface area contributed by atoms with Gasteiger partial charge in [-0.2, -0.15) is 0 Å². The number of carbonyl (C=O) groups excluding carboxylic acids is 1. The minimum Gasteiger partial charge on any atom is -0.339 e. The number of amides is 1. The van der Waals surface area contributed by atoms with Crippen LogP contribution in [-0.2, 0) is 4.79 Å². The van der Waals surface area contributed by atoms with Crippen LogP contribution >= 0.6 is 0 Å². The van der Waals surface area contributed by atoms with Crippen LogP contribution in [0.4, 0.5) is 4.39 Å². The van der Waals surface area contributed by atoms with E-state index in [0.717, 1.165) is 25.9 Å². The number of nitrogens with one attached hydrogen (secondary N) is 1. The van der Waals surface area contributed by atoms with E-state index in [4.69, 9.17) is 0 Å². The van der Waals surface area contributed by atoms with Crippen LogP contribution < -0.4 is 5.32 Å². The average molecular weight is 276 g/mol. The molecule has 0 bridgehead atoms. The number of hydrogen-bond donors (Lipinski definition) is 1. The second-order valence-corrected chi connectivity index (χ2v) is 5.20. The van der Waals surface area contributed by atoms with E-state index < -0.39 is 0 Å². The highest BCUT2D eigenvalue weighted by Crippen LogP contribution is 2.18. The van der Waals surface area contributed by atoms with Gasteiger partial charge in [0.25, 0.3) is 0 Å². The van der Waals surface area contributed by atoms with Crippen LogP contribution in [0.2, 0.25) is 0 Å². The zero-order valence-electron chi connectivity index (χ0n) is 12.0. The molecule has 4 heteroatoms. The minimum atomic E-state index is -0.289. The van der Waals surface area contributed by atoms with Crippen LogP contribution in [-0.4, -0.2) is 37.0 Å². The fraction of sp³-hybridized carbons (Fsp3) is 0.438. The highest BCUT2D eigenvalue weighted by Gasteiger charge is 2.20. The smallest absolute Gasteiger partial charge is 0.246 e. The van der Waals surface area contributed by atoms with Gasteiger partial charge in [-0.25, -0.2) is 4.39 Å². The lowest BCUT2D eigenvalue weighted by molar-refractivity contribution is -0.127. The van der Waals surface area contributed by atoms with Gasteiger partial charge in [-0.15, -0.1) is 0 Å². The van der Waals surface area contributed by atoms with E-state index in [1.165, 1.54) is 12.1 Å². The molecule has 108 valence electrons.